The fourth-order valence-electron chi connectivity index (χ4n) is 7.21. The van der Waals surface area contributed by atoms with Crippen molar-refractivity contribution in [2.45, 2.75) is 51.0 Å². The topological polar surface area (TPSA) is 116 Å². The first kappa shape index (κ1) is 33.5. The number of aromatic nitrogens is 6. The fourth-order valence-corrected chi connectivity index (χ4v) is 7.21. The Kier molecular flexibility index (Phi) is 9.68. The number of benzene rings is 3. The lowest BCUT2D eigenvalue weighted by atomic mass is 9.87. The lowest BCUT2D eigenvalue weighted by Gasteiger charge is -2.37. The van der Waals surface area contributed by atoms with Crippen LogP contribution in [-0.4, -0.2) is 79.7 Å². The van der Waals surface area contributed by atoms with Crippen molar-refractivity contribution in [1.82, 2.24) is 29.1 Å². The number of nitrogens with zero attached hydrogens (tertiary/aromatic N) is 8. The van der Waals surface area contributed by atoms with E-state index in [1.54, 1.807) is 30.1 Å². The summed E-state index contributed by atoms with van der Waals surface area (Å²) in [5, 5.41) is 18.6. The summed E-state index contributed by atoms with van der Waals surface area (Å²) in [5.74, 6) is 0.580. The molecule has 50 heavy (non-hydrogen) atoms. The van der Waals surface area contributed by atoms with Crippen molar-refractivity contribution in [3.8, 4) is 11.4 Å². The molecule has 0 spiro atoms. The molecule has 2 fully saturated rings. The Balaban J connectivity index is 0.919. The summed E-state index contributed by atoms with van der Waals surface area (Å²) in [6.07, 6.45) is 5.16. The van der Waals surface area contributed by atoms with Crippen molar-refractivity contribution in [3.63, 3.8) is 0 Å². The van der Waals surface area contributed by atoms with Gasteiger partial charge in [-0.15, -0.1) is 0 Å². The highest BCUT2D eigenvalue weighted by Gasteiger charge is 2.44. The molecule has 0 bridgehead atoms. The molecule has 2 aliphatic rings. The molecule has 2 aromatic heterocycles. The first-order valence-corrected chi connectivity index (χ1v) is 17.2. The number of anilines is 2. The molecule has 4 heterocycles. The average Bonchev–Trinajstić information content (AvgIpc) is 3.90. The number of halogens is 1. The minimum Gasteiger partial charge on any atom is -0.493 e. The van der Waals surface area contributed by atoms with Gasteiger partial charge in [-0.05, 0) is 74.4 Å². The lowest BCUT2D eigenvalue weighted by molar-refractivity contribution is -0.0206. The van der Waals surface area contributed by atoms with Gasteiger partial charge in [0.15, 0.2) is 0 Å². The highest BCUT2D eigenvalue weighted by atomic mass is 19.1. The van der Waals surface area contributed by atoms with Crippen molar-refractivity contribution in [2.24, 2.45) is 5.92 Å². The summed E-state index contributed by atoms with van der Waals surface area (Å²) in [6.45, 7) is 8.37. The van der Waals surface area contributed by atoms with Crippen LogP contribution in [-0.2, 0) is 16.9 Å². The van der Waals surface area contributed by atoms with Gasteiger partial charge in [-0.3, -0.25) is 0 Å². The molecule has 2 aliphatic heterocycles. The van der Waals surface area contributed by atoms with Crippen molar-refractivity contribution in [3.05, 3.63) is 114 Å². The minimum absolute atomic E-state index is 0.0853. The number of hydrogen-bond donors (Lipinski definition) is 1. The molecule has 1 N–H and O–H groups in total. The molecule has 0 radical (unpaired) electrons. The normalized spacial score (nSPS) is 20.6. The highest BCUT2D eigenvalue weighted by Crippen LogP contribution is 2.42. The van der Waals surface area contributed by atoms with Crippen LogP contribution in [0, 0.1) is 11.7 Å². The van der Waals surface area contributed by atoms with Crippen molar-refractivity contribution in [2.75, 3.05) is 49.2 Å². The first-order chi connectivity index (χ1) is 24.3. The second kappa shape index (κ2) is 14.5. The van der Waals surface area contributed by atoms with Gasteiger partial charge in [-0.2, -0.15) is 10.2 Å². The van der Waals surface area contributed by atoms with E-state index in [0.717, 1.165) is 49.0 Å². The van der Waals surface area contributed by atoms with Gasteiger partial charge in [0, 0.05) is 49.0 Å². The van der Waals surface area contributed by atoms with Gasteiger partial charge in [0.25, 0.3) is 0 Å². The fraction of sp³-hybridized carbons (Fsp3) is 0.405. The van der Waals surface area contributed by atoms with Crippen molar-refractivity contribution in [1.29, 1.82) is 0 Å². The van der Waals surface area contributed by atoms with E-state index >= 15 is 0 Å². The predicted octanol–water partition coefficient (Wildman–Crippen LogP) is 4.43. The molecule has 5 aromatic rings. The summed E-state index contributed by atoms with van der Waals surface area (Å²) >= 11 is 0. The maximum Gasteiger partial charge on any atom is 0.350 e. The SMILES string of the molecule is CC[C@@H]([C@@H](C)O)n1ncn(-c2ccc(N3CCN(c4ccc(OC[C@@H]5CO[C@@](Cn6cncn6)(c6ccccc6F)C5)cc4)CC3)cc2)c1=O. The molecule has 12 nitrogen and oxygen atoms in total. The Labute approximate surface area is 290 Å². The summed E-state index contributed by atoms with van der Waals surface area (Å²) < 4.78 is 32.0. The standard InChI is InChI=1S/C37H43FN8O4/c1-3-35(27(2)47)46-36(48)45(26-41-46)31-10-8-29(9-11-31)42-16-18-43(19-17-42)30-12-14-32(15-13-30)49-21-28-20-37(50-22-28,23-44-25-39-24-40-44)33-6-4-5-7-34(33)38/h4-15,24-28,35,47H,3,16-23H2,1-2H3/t27-,28-,35+,37+/m1/s1. The summed E-state index contributed by atoms with van der Waals surface area (Å²) in [5.41, 5.74) is 2.40. The highest BCUT2D eigenvalue weighted by molar-refractivity contribution is 5.54. The van der Waals surface area contributed by atoms with Gasteiger partial charge in [-0.25, -0.2) is 28.1 Å². The van der Waals surface area contributed by atoms with E-state index in [1.165, 1.54) is 28.0 Å². The molecule has 0 unspecified atom stereocenters. The Morgan fingerprint density at radius 2 is 1.60 bits per heavy atom. The van der Waals surface area contributed by atoms with E-state index in [2.05, 4.69) is 37.1 Å². The van der Waals surface area contributed by atoms with Gasteiger partial charge in [0.1, 0.15) is 36.1 Å². The molecule has 262 valence electrons. The first-order valence-electron chi connectivity index (χ1n) is 17.2. The smallest absolute Gasteiger partial charge is 0.350 e. The van der Waals surface area contributed by atoms with Crippen LogP contribution in [0.4, 0.5) is 15.8 Å². The molecule has 13 heteroatoms. The molecule has 0 amide bonds. The van der Waals surface area contributed by atoms with Crippen LogP contribution in [0.3, 0.4) is 0 Å². The number of ether oxygens (including phenoxy) is 2. The number of aliphatic hydroxyl groups excluding tert-OH is 1. The Bertz CT molecular complexity index is 1900. The average molecular weight is 683 g/mol. The molecule has 0 saturated carbocycles. The summed E-state index contributed by atoms with van der Waals surface area (Å²) in [4.78, 5) is 21.7. The largest absolute Gasteiger partial charge is 0.493 e. The van der Waals surface area contributed by atoms with Crippen LogP contribution >= 0.6 is 0 Å². The van der Waals surface area contributed by atoms with Crippen LogP contribution in [0.1, 0.15) is 38.3 Å². The molecular weight excluding hydrogens is 639 g/mol. The van der Waals surface area contributed by atoms with E-state index < -0.39 is 11.7 Å². The zero-order chi connectivity index (χ0) is 34.7. The predicted molar refractivity (Wildman–Crippen MR) is 187 cm³/mol. The van der Waals surface area contributed by atoms with E-state index in [0.29, 0.717) is 38.2 Å². The molecule has 2 saturated heterocycles. The molecular formula is C37H43FN8O4. The molecule has 4 atom stereocenters. The van der Waals surface area contributed by atoms with E-state index in [-0.39, 0.29) is 23.5 Å². The van der Waals surface area contributed by atoms with Gasteiger partial charge in [0.05, 0.1) is 37.6 Å². The van der Waals surface area contributed by atoms with Crippen LogP contribution in [0.5, 0.6) is 5.75 Å². The van der Waals surface area contributed by atoms with Crippen LogP contribution in [0.2, 0.25) is 0 Å². The third kappa shape index (κ3) is 6.88. The van der Waals surface area contributed by atoms with Gasteiger partial charge < -0.3 is 24.4 Å². The van der Waals surface area contributed by atoms with Gasteiger partial charge >= 0.3 is 5.69 Å². The zero-order valence-electron chi connectivity index (χ0n) is 28.4. The minimum atomic E-state index is -0.844. The van der Waals surface area contributed by atoms with Gasteiger partial charge in [-0.1, -0.05) is 25.1 Å². The molecule has 0 aliphatic carbocycles. The van der Waals surface area contributed by atoms with Gasteiger partial charge in [0.2, 0.25) is 0 Å². The van der Waals surface area contributed by atoms with Crippen molar-refractivity contribution < 1.29 is 19.0 Å². The number of aliphatic hydroxyl groups is 1. The Morgan fingerprint density at radius 3 is 2.22 bits per heavy atom. The van der Waals surface area contributed by atoms with Crippen LogP contribution in [0.25, 0.3) is 5.69 Å². The quantitative estimate of drug-likeness (QED) is 0.204. The van der Waals surface area contributed by atoms with E-state index in [9.17, 15) is 14.3 Å². The zero-order valence-corrected chi connectivity index (χ0v) is 28.4. The van der Waals surface area contributed by atoms with Crippen molar-refractivity contribution >= 4 is 11.4 Å². The number of piperazine rings is 1. The van der Waals surface area contributed by atoms with E-state index in [1.807, 2.05) is 49.4 Å². The number of hydrogen-bond acceptors (Lipinski definition) is 9. The maximum atomic E-state index is 14.9. The van der Waals surface area contributed by atoms with Crippen LogP contribution in [0.15, 0.2) is 96.6 Å². The third-order valence-corrected chi connectivity index (χ3v) is 9.91. The second-order valence-electron chi connectivity index (χ2n) is 13.2. The molecule has 3 aromatic carbocycles. The van der Waals surface area contributed by atoms with E-state index in [4.69, 9.17) is 9.47 Å². The third-order valence-electron chi connectivity index (χ3n) is 9.91. The molecule has 7 rings (SSSR count). The second-order valence-corrected chi connectivity index (χ2v) is 13.2. The monoisotopic (exact) mass is 682 g/mol. The summed E-state index contributed by atoms with van der Waals surface area (Å²) in [7, 11) is 0. The maximum absolute atomic E-state index is 14.9. The van der Waals surface area contributed by atoms with Crippen LogP contribution < -0.4 is 20.2 Å². The Hall–Kier alpha value is -5.01. The Morgan fingerprint density at radius 1 is 0.940 bits per heavy atom. The lowest BCUT2D eigenvalue weighted by Crippen LogP contribution is -2.46. The number of rotatable bonds is 12. The summed E-state index contributed by atoms with van der Waals surface area (Å²) in [6, 6.07) is 22.6.